The zero-order chi connectivity index (χ0) is 13.2. The van der Waals surface area contributed by atoms with Crippen LogP contribution in [0.1, 0.15) is 16.1 Å². The normalized spacial score (nSPS) is 10.8. The Labute approximate surface area is 106 Å². The van der Waals surface area contributed by atoms with Gasteiger partial charge in [-0.2, -0.15) is 5.26 Å². The van der Waals surface area contributed by atoms with E-state index in [4.69, 9.17) is 16.9 Å². The highest BCUT2D eigenvalue weighted by molar-refractivity contribution is 9.10. The van der Waals surface area contributed by atoms with Gasteiger partial charge in [0.1, 0.15) is 11.8 Å². The first-order chi connectivity index (χ1) is 7.74. The fourth-order valence-electron chi connectivity index (χ4n) is 0.911. The summed E-state index contributed by atoms with van der Waals surface area (Å²) >= 11 is 7.91. The molecule has 0 fully saturated rings. The molecule has 1 aromatic rings. The molecule has 0 bridgehead atoms. The summed E-state index contributed by atoms with van der Waals surface area (Å²) in [6.45, 7) is 0. The predicted octanol–water partition coefficient (Wildman–Crippen LogP) is 2.99. The highest BCUT2D eigenvalue weighted by Crippen LogP contribution is 2.28. The molecule has 4 nitrogen and oxygen atoms in total. The highest BCUT2D eigenvalue weighted by atomic mass is 79.9. The van der Waals surface area contributed by atoms with E-state index in [1.54, 1.807) is 6.07 Å². The third kappa shape index (κ3) is 3.57. The summed E-state index contributed by atoms with van der Waals surface area (Å²) in [6.07, 6.45) is -4.95. The molecule has 1 rings (SSSR count). The molecule has 9 heteroatoms. The van der Waals surface area contributed by atoms with E-state index in [9.17, 15) is 18.0 Å². The van der Waals surface area contributed by atoms with E-state index in [0.29, 0.717) is 0 Å². The van der Waals surface area contributed by atoms with Crippen LogP contribution in [0.4, 0.5) is 13.2 Å². The van der Waals surface area contributed by atoms with Crippen molar-refractivity contribution >= 4 is 32.8 Å². The molecule has 0 radical (unpaired) electrons. The first-order valence-corrected chi connectivity index (χ1v) is 4.98. The monoisotopic (exact) mass is 328 g/mol. The summed E-state index contributed by atoms with van der Waals surface area (Å²) in [7, 11) is 0. The van der Waals surface area contributed by atoms with E-state index in [1.165, 1.54) is 0 Å². The molecule has 0 aromatic carbocycles. The Hall–Kier alpha value is -1.33. The van der Waals surface area contributed by atoms with Gasteiger partial charge in [0, 0.05) is 10.5 Å². The number of rotatable bonds is 2. The zero-order valence-corrected chi connectivity index (χ0v) is 10.0. The van der Waals surface area contributed by atoms with E-state index in [0.717, 1.165) is 6.07 Å². The standard InChI is InChI=1S/C8HBrClF3N2O2/c9-4-1-5(17-8(11,12)13)15-6(7(10)16)3(4)2-14/h1H. The number of carbonyl (C=O) groups excluding carboxylic acids is 1. The van der Waals surface area contributed by atoms with Gasteiger partial charge in [-0.25, -0.2) is 4.98 Å². The molecule has 0 spiro atoms. The number of hydrogen-bond acceptors (Lipinski definition) is 4. The lowest BCUT2D eigenvalue weighted by atomic mass is 10.2. The van der Waals surface area contributed by atoms with Gasteiger partial charge in [-0.15, -0.1) is 13.2 Å². The number of pyridine rings is 1. The highest BCUT2D eigenvalue weighted by Gasteiger charge is 2.32. The van der Waals surface area contributed by atoms with Gasteiger partial charge in [0.15, 0.2) is 0 Å². The molecular weight excluding hydrogens is 328 g/mol. The van der Waals surface area contributed by atoms with E-state index < -0.39 is 23.2 Å². The summed E-state index contributed by atoms with van der Waals surface area (Å²) in [5.41, 5.74) is -0.873. The second-order valence-electron chi connectivity index (χ2n) is 2.60. The van der Waals surface area contributed by atoms with Gasteiger partial charge in [0.25, 0.3) is 5.24 Å². The fraction of sp³-hybridized carbons (Fsp3) is 0.125. The average Bonchev–Trinajstić information content (AvgIpc) is 2.13. The Morgan fingerprint density at radius 1 is 1.59 bits per heavy atom. The van der Waals surface area contributed by atoms with Crippen molar-refractivity contribution in [1.82, 2.24) is 4.98 Å². The van der Waals surface area contributed by atoms with E-state index in [1.807, 2.05) is 0 Å². The molecule has 0 aliphatic rings. The lowest BCUT2D eigenvalue weighted by Crippen LogP contribution is -2.18. The van der Waals surface area contributed by atoms with Gasteiger partial charge in [-0.3, -0.25) is 4.79 Å². The molecule has 1 heterocycles. The van der Waals surface area contributed by atoms with Gasteiger partial charge in [-0.1, -0.05) is 0 Å². The zero-order valence-electron chi connectivity index (χ0n) is 7.68. The third-order valence-corrected chi connectivity index (χ3v) is 2.27. The van der Waals surface area contributed by atoms with Crippen LogP contribution in [0.3, 0.4) is 0 Å². The fourth-order valence-corrected chi connectivity index (χ4v) is 1.52. The second-order valence-corrected chi connectivity index (χ2v) is 3.80. The number of carbonyl (C=O) groups is 1. The van der Waals surface area contributed by atoms with Crippen LogP contribution in [-0.4, -0.2) is 16.6 Å². The summed E-state index contributed by atoms with van der Waals surface area (Å²) in [6, 6.07) is 2.40. The van der Waals surface area contributed by atoms with Crippen LogP contribution in [0.25, 0.3) is 0 Å². The number of halogens is 5. The van der Waals surface area contributed by atoms with E-state index >= 15 is 0 Å². The minimum Gasteiger partial charge on any atom is -0.388 e. The van der Waals surface area contributed by atoms with Crippen molar-refractivity contribution in [3.05, 3.63) is 21.8 Å². The molecule has 0 atom stereocenters. The molecule has 0 aliphatic heterocycles. The number of aromatic nitrogens is 1. The average molecular weight is 329 g/mol. The Kier molecular flexibility index (Phi) is 3.95. The van der Waals surface area contributed by atoms with Crippen molar-refractivity contribution in [1.29, 1.82) is 5.26 Å². The number of hydrogen-bond donors (Lipinski definition) is 0. The molecule has 1 aromatic heterocycles. The third-order valence-electron chi connectivity index (χ3n) is 1.47. The van der Waals surface area contributed by atoms with Gasteiger partial charge in [0.2, 0.25) is 5.88 Å². The molecule has 0 N–H and O–H groups in total. The predicted molar refractivity (Wildman–Crippen MR) is 53.5 cm³/mol. The Morgan fingerprint density at radius 2 is 2.18 bits per heavy atom. The maximum Gasteiger partial charge on any atom is 0.574 e. The van der Waals surface area contributed by atoms with E-state index in [2.05, 4.69) is 25.7 Å². The number of nitriles is 1. The van der Waals surface area contributed by atoms with Crippen molar-refractivity contribution in [3.8, 4) is 11.9 Å². The first-order valence-electron chi connectivity index (χ1n) is 3.81. The van der Waals surface area contributed by atoms with Crippen molar-refractivity contribution in [2.45, 2.75) is 6.36 Å². The van der Waals surface area contributed by atoms with Crippen molar-refractivity contribution < 1.29 is 22.7 Å². The maximum atomic E-state index is 11.9. The van der Waals surface area contributed by atoms with Crippen LogP contribution < -0.4 is 4.74 Å². The largest absolute Gasteiger partial charge is 0.574 e. The Bertz CT molecular complexity index is 513. The molecule has 0 saturated heterocycles. The molecule has 0 unspecified atom stereocenters. The second kappa shape index (κ2) is 4.89. The van der Waals surface area contributed by atoms with Gasteiger partial charge < -0.3 is 4.74 Å². The van der Waals surface area contributed by atoms with Gasteiger partial charge in [-0.05, 0) is 27.5 Å². The quantitative estimate of drug-likeness (QED) is 0.783. The lowest BCUT2D eigenvalue weighted by Gasteiger charge is -2.09. The molecular formula is C8HBrClF3N2O2. The molecule has 0 amide bonds. The Balaban J connectivity index is 3.31. The summed E-state index contributed by atoms with van der Waals surface area (Å²) in [4.78, 5) is 14.1. The molecule has 0 saturated carbocycles. The van der Waals surface area contributed by atoms with Crippen molar-refractivity contribution in [2.24, 2.45) is 0 Å². The Morgan fingerprint density at radius 3 is 2.59 bits per heavy atom. The van der Waals surface area contributed by atoms with Crippen LogP contribution in [0, 0.1) is 11.3 Å². The van der Waals surface area contributed by atoms with E-state index in [-0.39, 0.29) is 10.0 Å². The minimum atomic E-state index is -4.95. The molecule has 0 aliphatic carbocycles. The summed E-state index contributed by atoms with van der Waals surface area (Å²) in [5, 5.41) is 7.52. The van der Waals surface area contributed by atoms with Gasteiger partial charge in [0.05, 0.1) is 5.56 Å². The number of ether oxygens (including phenoxy) is 1. The van der Waals surface area contributed by atoms with Crippen LogP contribution >= 0.6 is 27.5 Å². The SMILES string of the molecule is N#Cc1c(Br)cc(OC(F)(F)F)nc1C(=O)Cl. The number of nitrogens with zero attached hydrogens (tertiary/aromatic N) is 2. The van der Waals surface area contributed by atoms with Crippen LogP contribution in [0.15, 0.2) is 10.5 Å². The van der Waals surface area contributed by atoms with Crippen LogP contribution in [0.2, 0.25) is 0 Å². The van der Waals surface area contributed by atoms with Crippen molar-refractivity contribution in [2.75, 3.05) is 0 Å². The van der Waals surface area contributed by atoms with Crippen LogP contribution in [-0.2, 0) is 0 Å². The molecule has 17 heavy (non-hydrogen) atoms. The smallest absolute Gasteiger partial charge is 0.388 e. The number of alkyl halides is 3. The summed E-state index contributed by atoms with van der Waals surface area (Å²) < 4.78 is 39.2. The summed E-state index contributed by atoms with van der Waals surface area (Å²) in [5.74, 6) is -0.882. The minimum absolute atomic E-state index is 0.0711. The van der Waals surface area contributed by atoms with Crippen molar-refractivity contribution in [3.63, 3.8) is 0 Å². The van der Waals surface area contributed by atoms with Gasteiger partial charge >= 0.3 is 6.36 Å². The topological polar surface area (TPSA) is 63.0 Å². The van der Waals surface area contributed by atoms with Crippen LogP contribution in [0.5, 0.6) is 5.88 Å². The lowest BCUT2D eigenvalue weighted by molar-refractivity contribution is -0.276. The molecule has 90 valence electrons. The first kappa shape index (κ1) is 13.7. The maximum absolute atomic E-state index is 11.9.